The summed E-state index contributed by atoms with van der Waals surface area (Å²) in [7, 11) is 1.26. The molecule has 5 heteroatoms. The number of benzene rings is 1. The van der Waals surface area contributed by atoms with Crippen LogP contribution in [0.2, 0.25) is 0 Å². The molecule has 0 unspecified atom stereocenters. The van der Waals surface area contributed by atoms with Gasteiger partial charge in [-0.2, -0.15) is 0 Å². The number of carbonyl (C=O) groups is 2. The molecule has 0 aliphatic carbocycles. The molecule has 24 heavy (non-hydrogen) atoms. The van der Waals surface area contributed by atoms with Gasteiger partial charge in [0, 0.05) is 18.3 Å². The van der Waals surface area contributed by atoms with E-state index in [0.717, 1.165) is 11.1 Å². The second-order valence-corrected chi connectivity index (χ2v) is 5.27. The highest BCUT2D eigenvalue weighted by Gasteiger charge is 2.18. The number of pyridine rings is 1. The first-order chi connectivity index (χ1) is 11.5. The highest BCUT2D eigenvalue weighted by Crippen LogP contribution is 2.12. The van der Waals surface area contributed by atoms with Gasteiger partial charge >= 0.3 is 5.97 Å². The summed E-state index contributed by atoms with van der Waals surface area (Å²) in [6.45, 7) is 2.56. The molecule has 0 radical (unpaired) electrons. The number of esters is 1. The lowest BCUT2D eigenvalue weighted by Gasteiger charge is -2.20. The molecule has 0 aliphatic rings. The molecular weight excluding hydrogens is 304 g/mol. The van der Waals surface area contributed by atoms with Crippen molar-refractivity contribution in [2.45, 2.75) is 13.5 Å². The summed E-state index contributed by atoms with van der Waals surface area (Å²) in [6, 6.07) is 10.8. The SMILES string of the molecule is C#CCN(Cc1ccc(C)cc1)C(=O)c1ccnc(C(=O)OC)c1. The quantitative estimate of drug-likeness (QED) is 0.627. The highest BCUT2D eigenvalue weighted by atomic mass is 16.5. The Hall–Kier alpha value is -3.13. The fourth-order valence-electron chi connectivity index (χ4n) is 2.19. The van der Waals surface area contributed by atoms with E-state index in [1.165, 1.54) is 19.4 Å². The third-order valence-corrected chi connectivity index (χ3v) is 3.46. The molecular formula is C19H18N2O3. The zero-order valence-electron chi connectivity index (χ0n) is 13.7. The van der Waals surface area contributed by atoms with Crippen LogP contribution in [-0.4, -0.2) is 35.4 Å². The molecule has 0 saturated heterocycles. The van der Waals surface area contributed by atoms with Gasteiger partial charge in [-0.05, 0) is 24.6 Å². The standard InChI is InChI=1S/C19H18N2O3/c1-4-11-21(13-15-7-5-14(2)6-8-15)18(22)16-9-10-20-17(12-16)19(23)24-3/h1,5-10,12H,11,13H2,2-3H3. The maximum absolute atomic E-state index is 12.7. The Bertz CT molecular complexity index is 776. The number of hydrogen-bond acceptors (Lipinski definition) is 4. The largest absolute Gasteiger partial charge is 0.464 e. The van der Waals surface area contributed by atoms with E-state index < -0.39 is 5.97 Å². The van der Waals surface area contributed by atoms with Crippen molar-refractivity contribution >= 4 is 11.9 Å². The van der Waals surface area contributed by atoms with Crippen LogP contribution >= 0.6 is 0 Å². The van der Waals surface area contributed by atoms with Crippen LogP contribution in [0.15, 0.2) is 42.6 Å². The predicted molar refractivity (Wildman–Crippen MR) is 90.3 cm³/mol. The van der Waals surface area contributed by atoms with Gasteiger partial charge in [0.2, 0.25) is 0 Å². The average Bonchev–Trinajstić information content (AvgIpc) is 2.62. The molecule has 1 heterocycles. The molecule has 0 atom stereocenters. The molecule has 5 nitrogen and oxygen atoms in total. The molecule has 1 aromatic carbocycles. The lowest BCUT2D eigenvalue weighted by atomic mass is 10.1. The fourth-order valence-corrected chi connectivity index (χ4v) is 2.19. The van der Waals surface area contributed by atoms with E-state index in [9.17, 15) is 9.59 Å². The molecule has 1 aromatic heterocycles. The molecule has 0 aliphatic heterocycles. The van der Waals surface area contributed by atoms with E-state index in [1.54, 1.807) is 11.0 Å². The fraction of sp³-hybridized carbons (Fsp3) is 0.211. The molecule has 122 valence electrons. The van der Waals surface area contributed by atoms with Crippen LogP contribution in [0.25, 0.3) is 0 Å². The number of hydrogen-bond donors (Lipinski definition) is 0. The van der Waals surface area contributed by atoms with Gasteiger partial charge in [-0.1, -0.05) is 35.7 Å². The number of aromatic nitrogens is 1. The Morgan fingerprint density at radius 3 is 2.58 bits per heavy atom. The topological polar surface area (TPSA) is 59.5 Å². The first-order valence-electron chi connectivity index (χ1n) is 7.37. The maximum atomic E-state index is 12.7. The van der Waals surface area contributed by atoms with E-state index in [0.29, 0.717) is 12.1 Å². The van der Waals surface area contributed by atoms with Crippen LogP contribution in [0, 0.1) is 19.3 Å². The number of methoxy groups -OCH3 is 1. The van der Waals surface area contributed by atoms with Crippen LogP contribution in [0.1, 0.15) is 32.0 Å². The van der Waals surface area contributed by atoms with Crippen molar-refractivity contribution in [3.63, 3.8) is 0 Å². The van der Waals surface area contributed by atoms with Gasteiger partial charge in [0.1, 0.15) is 5.69 Å². The van der Waals surface area contributed by atoms with Crippen molar-refractivity contribution in [2.24, 2.45) is 0 Å². The van der Waals surface area contributed by atoms with Gasteiger partial charge in [0.15, 0.2) is 0 Å². The van der Waals surface area contributed by atoms with Crippen LogP contribution < -0.4 is 0 Å². The summed E-state index contributed by atoms with van der Waals surface area (Å²) in [4.78, 5) is 29.7. The number of ether oxygens (including phenoxy) is 1. The van der Waals surface area contributed by atoms with Crippen molar-refractivity contribution in [2.75, 3.05) is 13.7 Å². The minimum Gasteiger partial charge on any atom is -0.464 e. The third-order valence-electron chi connectivity index (χ3n) is 3.46. The van der Waals surface area contributed by atoms with E-state index in [-0.39, 0.29) is 18.1 Å². The summed E-state index contributed by atoms with van der Waals surface area (Å²) >= 11 is 0. The molecule has 0 N–H and O–H groups in total. The monoisotopic (exact) mass is 322 g/mol. The Morgan fingerprint density at radius 1 is 1.25 bits per heavy atom. The predicted octanol–water partition coefficient (Wildman–Crippen LogP) is 2.45. The number of amides is 1. The Morgan fingerprint density at radius 2 is 1.96 bits per heavy atom. The average molecular weight is 322 g/mol. The smallest absolute Gasteiger partial charge is 0.356 e. The summed E-state index contributed by atoms with van der Waals surface area (Å²) in [5.74, 6) is 1.64. The van der Waals surface area contributed by atoms with Crippen LogP contribution in [-0.2, 0) is 11.3 Å². The molecule has 0 saturated carbocycles. The summed E-state index contributed by atoms with van der Waals surface area (Å²) in [5.41, 5.74) is 2.55. The van der Waals surface area contributed by atoms with Gasteiger partial charge in [-0.15, -0.1) is 6.42 Å². The van der Waals surface area contributed by atoms with E-state index in [2.05, 4.69) is 15.6 Å². The molecule has 2 rings (SSSR count). The van der Waals surface area contributed by atoms with Crippen molar-refractivity contribution in [3.8, 4) is 12.3 Å². The number of aryl methyl sites for hydroxylation is 1. The summed E-state index contributed by atoms with van der Waals surface area (Å²) < 4.78 is 4.63. The molecule has 2 aromatic rings. The van der Waals surface area contributed by atoms with Gasteiger partial charge in [0.05, 0.1) is 13.7 Å². The van der Waals surface area contributed by atoms with Gasteiger partial charge in [-0.25, -0.2) is 9.78 Å². The first kappa shape index (κ1) is 17.2. The van der Waals surface area contributed by atoms with Gasteiger partial charge < -0.3 is 9.64 Å². The normalized spacial score (nSPS) is 9.88. The second kappa shape index (κ2) is 7.93. The second-order valence-electron chi connectivity index (χ2n) is 5.27. The van der Waals surface area contributed by atoms with Crippen molar-refractivity contribution in [1.82, 2.24) is 9.88 Å². The Balaban J connectivity index is 2.24. The zero-order chi connectivity index (χ0) is 17.5. The van der Waals surface area contributed by atoms with Crippen molar-refractivity contribution < 1.29 is 14.3 Å². The van der Waals surface area contributed by atoms with Crippen molar-refractivity contribution in [1.29, 1.82) is 0 Å². The van der Waals surface area contributed by atoms with Crippen molar-refractivity contribution in [3.05, 3.63) is 65.0 Å². The molecule has 0 fully saturated rings. The number of nitrogens with zero attached hydrogens (tertiary/aromatic N) is 2. The Labute approximate surface area is 141 Å². The lowest BCUT2D eigenvalue weighted by molar-refractivity contribution is 0.0594. The highest BCUT2D eigenvalue weighted by molar-refractivity contribution is 5.97. The lowest BCUT2D eigenvalue weighted by Crippen LogP contribution is -2.31. The summed E-state index contributed by atoms with van der Waals surface area (Å²) in [5, 5.41) is 0. The van der Waals surface area contributed by atoms with Gasteiger partial charge in [0.25, 0.3) is 5.91 Å². The van der Waals surface area contributed by atoms with Crippen LogP contribution in [0.4, 0.5) is 0 Å². The first-order valence-corrected chi connectivity index (χ1v) is 7.37. The van der Waals surface area contributed by atoms with Crippen LogP contribution in [0.3, 0.4) is 0 Å². The maximum Gasteiger partial charge on any atom is 0.356 e. The number of carbonyl (C=O) groups excluding carboxylic acids is 2. The minimum atomic E-state index is -0.591. The Kier molecular flexibility index (Phi) is 5.69. The molecule has 0 spiro atoms. The minimum absolute atomic E-state index is 0.0827. The number of rotatable bonds is 5. The molecule has 0 bridgehead atoms. The summed E-state index contributed by atoms with van der Waals surface area (Å²) in [6.07, 6.45) is 6.79. The van der Waals surface area contributed by atoms with E-state index >= 15 is 0 Å². The zero-order valence-corrected chi connectivity index (χ0v) is 13.7. The third kappa shape index (κ3) is 4.20. The van der Waals surface area contributed by atoms with Gasteiger partial charge in [-0.3, -0.25) is 4.79 Å². The molecule has 1 amide bonds. The van der Waals surface area contributed by atoms with E-state index in [4.69, 9.17) is 6.42 Å². The number of terminal acetylenes is 1. The van der Waals surface area contributed by atoms with E-state index in [1.807, 2.05) is 31.2 Å². The van der Waals surface area contributed by atoms with Crippen LogP contribution in [0.5, 0.6) is 0 Å².